The molecule has 3 N–H and O–H groups in total. The first-order chi connectivity index (χ1) is 45.3. The maximum Gasteiger partial charge on any atom is 0.410 e. The van der Waals surface area contributed by atoms with Gasteiger partial charge in [-0.15, -0.1) is 0 Å². The fourth-order valence-electron chi connectivity index (χ4n) is 14.2. The zero-order valence-corrected chi connectivity index (χ0v) is 57.3. The highest BCUT2D eigenvalue weighted by atomic mass is 35.5. The van der Waals surface area contributed by atoms with Gasteiger partial charge in [-0.25, -0.2) is 19.2 Å². The zero-order chi connectivity index (χ0) is 68.7. The van der Waals surface area contributed by atoms with Crippen molar-refractivity contribution in [3.05, 3.63) is 96.1 Å². The molecule has 4 saturated heterocycles. The molecule has 95 heavy (non-hydrogen) atoms. The first-order valence-corrected chi connectivity index (χ1v) is 34.5. The zero-order valence-electron chi connectivity index (χ0n) is 56.6. The monoisotopic (exact) mass is 1340 g/mol. The molecule has 2 saturated carbocycles. The Bertz CT molecular complexity index is 3100. The van der Waals surface area contributed by atoms with Crippen LogP contribution in [0.15, 0.2) is 85.0 Å². The number of benzene rings is 2. The molecule has 2 aromatic rings. The molecule has 6 fully saturated rings. The van der Waals surface area contributed by atoms with E-state index in [1.165, 1.54) is 0 Å². The molecule has 0 spiro atoms. The molecule has 12 atom stereocenters. The Balaban J connectivity index is 0.000000213. The van der Waals surface area contributed by atoms with Crippen molar-refractivity contribution < 1.29 is 76.4 Å². The maximum absolute atomic E-state index is 14.4. The van der Waals surface area contributed by atoms with Crippen LogP contribution in [0.1, 0.15) is 156 Å². The van der Waals surface area contributed by atoms with Gasteiger partial charge in [0.15, 0.2) is 0 Å². The molecule has 23 heteroatoms. The summed E-state index contributed by atoms with van der Waals surface area (Å²) in [5, 5.41) is 9.41. The quantitative estimate of drug-likeness (QED) is 0.0773. The second-order valence-corrected chi connectivity index (χ2v) is 28.7. The predicted octanol–water partition coefficient (Wildman–Crippen LogP) is 9.29. The Hall–Kier alpha value is -7.33. The molecule has 6 aliphatic heterocycles. The van der Waals surface area contributed by atoms with E-state index < -0.39 is 87.5 Å². The van der Waals surface area contributed by atoms with Crippen LogP contribution in [0.25, 0.3) is 0 Å². The number of nitrogens with one attached hydrogen (secondary N) is 3. The van der Waals surface area contributed by atoms with E-state index in [9.17, 15) is 47.9 Å². The number of fused-ring (bicyclic) bond motifs is 8. The fourth-order valence-corrected chi connectivity index (χ4v) is 14.3. The van der Waals surface area contributed by atoms with Crippen molar-refractivity contribution in [2.24, 2.45) is 47.3 Å². The van der Waals surface area contributed by atoms with E-state index in [1.807, 2.05) is 93.6 Å². The lowest BCUT2D eigenvalue weighted by Gasteiger charge is -2.32. The van der Waals surface area contributed by atoms with Crippen LogP contribution in [0.2, 0.25) is 0 Å². The standard InChI is InChI=1S/C36H49N3O8.C28H43N3O6.C8H7ClO2/c1-5-45-33(43)36-19-27(36)17-13-8-6-7-12-16-25(18-29(40)47-35(2,3)4)32(42)39-21-26-20-38(22-28(26)30(39)31(41)37-36)34(44)46-23-24-14-10-9-11-15-24;1-5-36-26(35)28-14-20(28)12-10-8-6-7-9-11-18(13-22(32)37-27(2,3)4)25(34)31-17-19-15-29-16-21(19)23(31)24(33)30-28;9-8(10)11-6-7-4-2-1-3-5-7/h9-11,13-15,17,25-28,30H,5-8,12,16,18-23H2,1-4H3,(H,37,41);10,12,18-21,23,29H,5-9,11,13-17H2,1-4H3,(H,30,33);1-5H,6H2/b17-13-;12-10-;/t25-,26+,27-,28+,30+,36-;18-,19+,20-,21+,23+,28-;/m11./s1. The number of ether oxygens (including phenoxy) is 6. The largest absolute Gasteiger partial charge is 0.464 e. The topological polar surface area (TPSA) is 272 Å². The Kier molecular flexibility index (Phi) is 25.6. The van der Waals surface area contributed by atoms with Crippen LogP contribution in [-0.2, 0) is 80.0 Å². The third-order valence-corrected chi connectivity index (χ3v) is 19.0. The molecule has 0 unspecified atom stereocenters. The average molecular weight is 1340 g/mol. The third kappa shape index (κ3) is 19.9. The predicted molar refractivity (Wildman–Crippen MR) is 352 cm³/mol. The van der Waals surface area contributed by atoms with Gasteiger partial charge in [0, 0.05) is 92.3 Å². The number of nitrogens with zero attached hydrogens (tertiary/aromatic N) is 3. The lowest BCUT2D eigenvalue weighted by atomic mass is 9.92. The van der Waals surface area contributed by atoms with Crippen LogP contribution in [0.5, 0.6) is 0 Å². The van der Waals surface area contributed by atoms with Gasteiger partial charge in [-0.3, -0.25) is 28.8 Å². The number of amides is 5. The van der Waals surface area contributed by atoms with Crippen molar-refractivity contribution in [3.8, 4) is 0 Å². The van der Waals surface area contributed by atoms with E-state index in [0.29, 0.717) is 45.3 Å². The second kappa shape index (κ2) is 33.1. The summed E-state index contributed by atoms with van der Waals surface area (Å²) in [5.74, 6) is -4.84. The summed E-state index contributed by atoms with van der Waals surface area (Å²) in [5.41, 5.74) is -2.56. The van der Waals surface area contributed by atoms with E-state index >= 15 is 0 Å². The van der Waals surface area contributed by atoms with Gasteiger partial charge in [0.25, 0.3) is 0 Å². The summed E-state index contributed by atoms with van der Waals surface area (Å²) in [6.45, 7) is 17.8. The Labute approximate surface area is 563 Å². The number of esters is 4. The molecule has 0 bridgehead atoms. The van der Waals surface area contributed by atoms with Gasteiger partial charge >= 0.3 is 35.4 Å². The van der Waals surface area contributed by atoms with Crippen molar-refractivity contribution in [1.82, 2.24) is 30.7 Å². The van der Waals surface area contributed by atoms with Gasteiger partial charge in [-0.2, -0.15) is 0 Å². The van der Waals surface area contributed by atoms with E-state index in [4.69, 9.17) is 35.3 Å². The SMILES string of the molecule is CCOC(=O)[C@@]12C[C@H]1/C=C\CCCCC[C@H](CC(=O)OC(C)(C)C)C(=O)N1C[C@@H]3CN(C(=O)OCc4ccccc4)C[C@@H]3[C@H]1C(=O)N2.CCOC(=O)[C@@]12C[C@H]1/C=C\CCCCC[C@H](CC(=O)OC(C)(C)C)C(=O)N1C[C@@H]3CNC[C@@H]3[C@H]1C(=O)N2.O=C(Cl)OCc1ccccc1. The summed E-state index contributed by atoms with van der Waals surface area (Å²) < 4.78 is 32.0. The summed E-state index contributed by atoms with van der Waals surface area (Å²) in [6.07, 6.45) is 16.5. The Morgan fingerprint density at radius 1 is 0.547 bits per heavy atom. The highest BCUT2D eigenvalue weighted by Crippen LogP contribution is 2.49. The number of carbonyl (C=O) groups excluding carboxylic acids is 10. The van der Waals surface area contributed by atoms with Crippen LogP contribution >= 0.6 is 11.6 Å². The molecule has 2 aromatic carbocycles. The smallest absolute Gasteiger partial charge is 0.410 e. The Morgan fingerprint density at radius 2 is 1.00 bits per heavy atom. The highest BCUT2D eigenvalue weighted by Gasteiger charge is 2.65. The number of allylic oxidation sites excluding steroid dienone is 2. The summed E-state index contributed by atoms with van der Waals surface area (Å²) >= 11 is 4.97. The number of rotatable bonds is 12. The number of hydrogen-bond acceptors (Lipinski definition) is 17. The van der Waals surface area contributed by atoms with Crippen molar-refractivity contribution >= 4 is 70.6 Å². The molecule has 22 nitrogen and oxygen atoms in total. The minimum Gasteiger partial charge on any atom is -0.464 e. The first-order valence-electron chi connectivity index (χ1n) is 34.1. The van der Waals surface area contributed by atoms with Crippen LogP contribution in [0.4, 0.5) is 9.59 Å². The van der Waals surface area contributed by atoms with Crippen LogP contribution in [0, 0.1) is 47.3 Å². The Morgan fingerprint density at radius 3 is 1.45 bits per heavy atom. The number of halogens is 1. The maximum atomic E-state index is 14.4. The van der Waals surface area contributed by atoms with Crippen molar-refractivity contribution in [3.63, 3.8) is 0 Å². The van der Waals surface area contributed by atoms with Gasteiger partial charge in [0.05, 0.1) is 26.1 Å². The van der Waals surface area contributed by atoms with Crippen molar-refractivity contribution in [2.45, 2.75) is 193 Å². The van der Waals surface area contributed by atoms with E-state index in [-0.39, 0.29) is 106 Å². The lowest BCUT2D eigenvalue weighted by Crippen LogP contribution is -2.56. The molecule has 2 aliphatic carbocycles. The summed E-state index contributed by atoms with van der Waals surface area (Å²) in [6, 6.07) is 17.2. The van der Waals surface area contributed by atoms with Crippen LogP contribution in [-0.4, -0.2) is 161 Å². The normalized spacial score (nSPS) is 29.7. The van der Waals surface area contributed by atoms with Crippen molar-refractivity contribution in [2.75, 3.05) is 52.5 Å². The fraction of sp³-hybridized carbons (Fsp3) is 0.639. The van der Waals surface area contributed by atoms with Gasteiger partial charge < -0.3 is 59.1 Å². The minimum absolute atomic E-state index is 0.00324. The van der Waals surface area contributed by atoms with Gasteiger partial charge in [0.1, 0.15) is 47.6 Å². The van der Waals surface area contributed by atoms with Crippen molar-refractivity contribution in [1.29, 1.82) is 0 Å². The second-order valence-electron chi connectivity index (χ2n) is 28.4. The van der Waals surface area contributed by atoms with E-state index in [2.05, 4.69) is 32.8 Å². The number of likely N-dealkylation sites (tertiary alicyclic amines) is 1. The lowest BCUT2D eigenvalue weighted by molar-refractivity contribution is -0.159. The first kappa shape index (κ1) is 73.5. The molecular formula is C72H99ClN6O16. The highest BCUT2D eigenvalue weighted by molar-refractivity contribution is 6.61. The van der Waals surface area contributed by atoms with Gasteiger partial charge in [0.2, 0.25) is 23.6 Å². The molecule has 6 heterocycles. The molecule has 10 rings (SSSR count). The van der Waals surface area contributed by atoms with E-state index in [0.717, 1.165) is 69.0 Å². The number of carbonyl (C=O) groups is 10. The minimum atomic E-state index is -1.20. The van der Waals surface area contributed by atoms with Gasteiger partial charge in [-0.05, 0) is 124 Å². The molecule has 520 valence electrons. The van der Waals surface area contributed by atoms with Crippen LogP contribution < -0.4 is 16.0 Å². The summed E-state index contributed by atoms with van der Waals surface area (Å²) in [4.78, 5) is 137. The molecule has 0 aromatic heterocycles. The third-order valence-electron chi connectivity index (χ3n) is 18.9. The number of hydrogen-bond donors (Lipinski definition) is 3. The molecule has 5 amide bonds. The molecule has 8 aliphatic rings. The van der Waals surface area contributed by atoms with E-state index in [1.54, 1.807) is 49.3 Å². The molecular weight excluding hydrogens is 1240 g/mol. The van der Waals surface area contributed by atoms with Crippen LogP contribution in [0.3, 0.4) is 0 Å². The average Bonchev–Trinajstić information content (AvgIpc) is 1.58. The van der Waals surface area contributed by atoms with Gasteiger partial charge in [-0.1, -0.05) is 111 Å². The summed E-state index contributed by atoms with van der Waals surface area (Å²) in [7, 11) is 0. The molecule has 0 radical (unpaired) electrons.